The van der Waals surface area contributed by atoms with Crippen LogP contribution in [0.2, 0.25) is 0 Å². The second-order valence-corrected chi connectivity index (χ2v) is 4.74. The first kappa shape index (κ1) is 11.7. The second kappa shape index (κ2) is 5.50. The molecule has 0 aromatic heterocycles. The van der Waals surface area contributed by atoms with Crippen molar-refractivity contribution in [1.29, 1.82) is 0 Å². The number of nitrogens with zero attached hydrogens (tertiary/aromatic N) is 2. The summed E-state index contributed by atoms with van der Waals surface area (Å²) < 4.78 is 0. The molecule has 2 fully saturated rings. The van der Waals surface area contributed by atoms with Crippen LogP contribution >= 0.6 is 0 Å². The van der Waals surface area contributed by atoms with Gasteiger partial charge in [-0.25, -0.2) is 4.79 Å². The second-order valence-electron chi connectivity index (χ2n) is 4.74. The lowest BCUT2D eigenvalue weighted by molar-refractivity contribution is 0.166. The molecular formula is C11H22N4O. The zero-order chi connectivity index (χ0) is 11.4. The average Bonchev–Trinajstić information content (AvgIpc) is 2.73. The number of nitrogens with one attached hydrogen (secondary N) is 1. The predicted octanol–water partition coefficient (Wildman–Crippen LogP) is -0.318. The van der Waals surface area contributed by atoms with Gasteiger partial charge in [-0.15, -0.1) is 0 Å². The third-order valence-corrected chi connectivity index (χ3v) is 3.67. The van der Waals surface area contributed by atoms with Crippen LogP contribution in [0.15, 0.2) is 0 Å². The summed E-state index contributed by atoms with van der Waals surface area (Å²) in [5.41, 5.74) is 5.66. The van der Waals surface area contributed by atoms with Crippen molar-refractivity contribution in [2.24, 2.45) is 11.7 Å². The fourth-order valence-electron chi connectivity index (χ4n) is 2.43. The zero-order valence-electron chi connectivity index (χ0n) is 9.82. The monoisotopic (exact) mass is 226 g/mol. The van der Waals surface area contributed by atoms with Crippen LogP contribution in [0.4, 0.5) is 4.79 Å². The number of rotatable bonds is 4. The Morgan fingerprint density at radius 1 is 1.25 bits per heavy atom. The molecule has 2 heterocycles. The molecule has 2 rings (SSSR count). The molecule has 2 saturated heterocycles. The Bertz CT molecular complexity index is 238. The standard InChI is InChI=1S/C11H22N4O/c12-9-10-1-4-14(5-2-10)7-8-15-6-3-13-11(15)16/h10H,1-9,12H2,(H,13,16). The molecule has 0 atom stereocenters. The van der Waals surface area contributed by atoms with Crippen molar-refractivity contribution in [2.75, 3.05) is 45.8 Å². The molecule has 5 heteroatoms. The van der Waals surface area contributed by atoms with E-state index in [9.17, 15) is 4.79 Å². The highest BCUT2D eigenvalue weighted by molar-refractivity contribution is 5.76. The van der Waals surface area contributed by atoms with Crippen LogP contribution in [-0.2, 0) is 0 Å². The number of hydrogen-bond donors (Lipinski definition) is 2. The number of amides is 2. The van der Waals surface area contributed by atoms with Gasteiger partial charge in [0.25, 0.3) is 0 Å². The van der Waals surface area contributed by atoms with Crippen molar-refractivity contribution in [1.82, 2.24) is 15.1 Å². The molecule has 2 aliphatic rings. The summed E-state index contributed by atoms with van der Waals surface area (Å²) in [6, 6.07) is 0.0943. The molecule has 0 bridgehead atoms. The Hall–Kier alpha value is -0.810. The summed E-state index contributed by atoms with van der Waals surface area (Å²) in [6.07, 6.45) is 2.42. The van der Waals surface area contributed by atoms with Crippen LogP contribution in [0.1, 0.15) is 12.8 Å². The fraction of sp³-hybridized carbons (Fsp3) is 0.909. The lowest BCUT2D eigenvalue weighted by atomic mass is 9.97. The van der Waals surface area contributed by atoms with Crippen molar-refractivity contribution in [2.45, 2.75) is 12.8 Å². The van der Waals surface area contributed by atoms with Crippen molar-refractivity contribution in [3.63, 3.8) is 0 Å². The van der Waals surface area contributed by atoms with Crippen molar-refractivity contribution < 1.29 is 4.79 Å². The van der Waals surface area contributed by atoms with Crippen LogP contribution in [-0.4, -0.2) is 61.6 Å². The van der Waals surface area contributed by atoms with Gasteiger partial charge in [-0.2, -0.15) is 0 Å². The lowest BCUT2D eigenvalue weighted by Gasteiger charge is -2.32. The Balaban J connectivity index is 1.65. The highest BCUT2D eigenvalue weighted by atomic mass is 16.2. The van der Waals surface area contributed by atoms with E-state index >= 15 is 0 Å². The Morgan fingerprint density at radius 2 is 2.00 bits per heavy atom. The number of likely N-dealkylation sites (tertiary alicyclic amines) is 1. The molecule has 0 spiro atoms. The number of nitrogens with two attached hydrogens (primary N) is 1. The first-order valence-electron chi connectivity index (χ1n) is 6.25. The molecule has 0 radical (unpaired) electrons. The summed E-state index contributed by atoms with van der Waals surface area (Å²) in [7, 11) is 0. The Kier molecular flexibility index (Phi) is 4.01. The highest BCUT2D eigenvalue weighted by Crippen LogP contribution is 2.15. The minimum atomic E-state index is 0.0943. The molecular weight excluding hydrogens is 204 g/mol. The molecule has 5 nitrogen and oxygen atoms in total. The number of carbonyl (C=O) groups is 1. The summed E-state index contributed by atoms with van der Waals surface area (Å²) in [5.74, 6) is 0.714. The minimum Gasteiger partial charge on any atom is -0.336 e. The summed E-state index contributed by atoms with van der Waals surface area (Å²) in [4.78, 5) is 15.7. The maximum absolute atomic E-state index is 11.3. The molecule has 92 valence electrons. The first-order chi connectivity index (χ1) is 7.79. The van der Waals surface area contributed by atoms with Gasteiger partial charge in [0.1, 0.15) is 0 Å². The molecule has 2 aliphatic heterocycles. The normalized spacial score (nSPS) is 23.8. The van der Waals surface area contributed by atoms with Crippen LogP contribution in [0, 0.1) is 5.92 Å². The van der Waals surface area contributed by atoms with Gasteiger partial charge in [0.05, 0.1) is 0 Å². The van der Waals surface area contributed by atoms with E-state index in [0.717, 1.165) is 45.8 Å². The summed E-state index contributed by atoms with van der Waals surface area (Å²) in [6.45, 7) is 6.62. The van der Waals surface area contributed by atoms with E-state index in [1.54, 1.807) is 0 Å². The summed E-state index contributed by atoms with van der Waals surface area (Å²) >= 11 is 0. The molecule has 0 aliphatic carbocycles. The van der Waals surface area contributed by atoms with E-state index in [1.807, 2.05) is 4.90 Å². The third kappa shape index (κ3) is 2.86. The summed E-state index contributed by atoms with van der Waals surface area (Å²) in [5, 5.41) is 2.83. The maximum atomic E-state index is 11.3. The lowest BCUT2D eigenvalue weighted by Crippen LogP contribution is -2.41. The van der Waals surface area contributed by atoms with Gasteiger partial charge in [-0.3, -0.25) is 0 Å². The third-order valence-electron chi connectivity index (χ3n) is 3.67. The number of hydrogen-bond acceptors (Lipinski definition) is 3. The molecule has 0 aromatic carbocycles. The van der Waals surface area contributed by atoms with Gasteiger partial charge in [0, 0.05) is 26.2 Å². The molecule has 3 N–H and O–H groups in total. The van der Waals surface area contributed by atoms with Gasteiger partial charge in [0.15, 0.2) is 0 Å². The molecule has 0 unspecified atom stereocenters. The number of urea groups is 1. The molecule has 0 saturated carbocycles. The highest BCUT2D eigenvalue weighted by Gasteiger charge is 2.22. The van der Waals surface area contributed by atoms with Gasteiger partial charge in [0.2, 0.25) is 0 Å². The molecule has 16 heavy (non-hydrogen) atoms. The predicted molar refractivity (Wildman–Crippen MR) is 63.2 cm³/mol. The van der Waals surface area contributed by atoms with Crippen LogP contribution < -0.4 is 11.1 Å². The van der Waals surface area contributed by atoms with E-state index < -0.39 is 0 Å². The first-order valence-corrected chi connectivity index (χ1v) is 6.25. The number of piperidine rings is 1. The topological polar surface area (TPSA) is 61.6 Å². The zero-order valence-corrected chi connectivity index (χ0v) is 9.82. The molecule has 0 aromatic rings. The van der Waals surface area contributed by atoms with E-state index in [0.29, 0.717) is 5.92 Å². The van der Waals surface area contributed by atoms with Gasteiger partial charge in [-0.05, 0) is 38.4 Å². The van der Waals surface area contributed by atoms with Crippen LogP contribution in [0.25, 0.3) is 0 Å². The van der Waals surface area contributed by atoms with Crippen molar-refractivity contribution in [3.8, 4) is 0 Å². The quantitative estimate of drug-likeness (QED) is 0.691. The van der Waals surface area contributed by atoms with E-state index in [4.69, 9.17) is 5.73 Å². The Labute approximate surface area is 96.9 Å². The van der Waals surface area contributed by atoms with Gasteiger partial charge >= 0.3 is 6.03 Å². The average molecular weight is 226 g/mol. The SMILES string of the molecule is NCC1CCN(CCN2CCNC2=O)CC1. The van der Waals surface area contributed by atoms with Crippen molar-refractivity contribution >= 4 is 6.03 Å². The largest absolute Gasteiger partial charge is 0.336 e. The Morgan fingerprint density at radius 3 is 2.56 bits per heavy atom. The van der Waals surface area contributed by atoms with Gasteiger partial charge in [-0.1, -0.05) is 0 Å². The smallest absolute Gasteiger partial charge is 0.317 e. The van der Waals surface area contributed by atoms with E-state index in [2.05, 4.69) is 10.2 Å². The maximum Gasteiger partial charge on any atom is 0.317 e. The van der Waals surface area contributed by atoms with Crippen LogP contribution in [0.3, 0.4) is 0 Å². The van der Waals surface area contributed by atoms with Gasteiger partial charge < -0.3 is 20.9 Å². The van der Waals surface area contributed by atoms with Crippen molar-refractivity contribution in [3.05, 3.63) is 0 Å². The van der Waals surface area contributed by atoms with E-state index in [-0.39, 0.29) is 6.03 Å². The van der Waals surface area contributed by atoms with Crippen LogP contribution in [0.5, 0.6) is 0 Å². The number of carbonyl (C=O) groups excluding carboxylic acids is 1. The minimum absolute atomic E-state index is 0.0943. The molecule has 2 amide bonds. The van der Waals surface area contributed by atoms with E-state index in [1.165, 1.54) is 12.8 Å². The fourth-order valence-corrected chi connectivity index (χ4v) is 2.43.